The van der Waals surface area contributed by atoms with Gasteiger partial charge in [0.1, 0.15) is 5.75 Å². The zero-order valence-electron chi connectivity index (χ0n) is 12.3. The third kappa shape index (κ3) is 3.74. The summed E-state index contributed by atoms with van der Waals surface area (Å²) in [6.45, 7) is 0.437. The normalized spacial score (nSPS) is 10.4. The van der Waals surface area contributed by atoms with Gasteiger partial charge in [0.25, 0.3) is 0 Å². The molecule has 0 fully saturated rings. The van der Waals surface area contributed by atoms with E-state index in [9.17, 15) is 9.90 Å². The van der Waals surface area contributed by atoms with Gasteiger partial charge >= 0.3 is 11.8 Å². The van der Waals surface area contributed by atoms with Crippen molar-refractivity contribution in [2.75, 3.05) is 6.54 Å². The quantitative estimate of drug-likeness (QED) is 0.755. The van der Waals surface area contributed by atoms with Crippen LogP contribution in [-0.2, 0) is 6.42 Å². The monoisotopic (exact) mass is 309 g/mol. The van der Waals surface area contributed by atoms with Crippen LogP contribution in [0.25, 0.3) is 11.4 Å². The Labute approximate surface area is 132 Å². The number of amides is 1. The molecule has 6 nitrogen and oxygen atoms in total. The summed E-state index contributed by atoms with van der Waals surface area (Å²) >= 11 is 0. The first-order valence-electron chi connectivity index (χ1n) is 7.17. The maximum atomic E-state index is 12.0. The molecule has 116 valence electrons. The lowest BCUT2D eigenvalue weighted by molar-refractivity contribution is 0.0910. The fourth-order valence-electron chi connectivity index (χ4n) is 2.08. The third-order valence-electron chi connectivity index (χ3n) is 3.29. The molecule has 0 aliphatic rings. The summed E-state index contributed by atoms with van der Waals surface area (Å²) in [4.78, 5) is 16.1. The molecule has 3 aromatic rings. The molecular weight excluding hydrogens is 294 g/mol. The van der Waals surface area contributed by atoms with E-state index < -0.39 is 5.91 Å². The van der Waals surface area contributed by atoms with Gasteiger partial charge in [-0.1, -0.05) is 47.6 Å². The molecule has 23 heavy (non-hydrogen) atoms. The highest BCUT2D eigenvalue weighted by atomic mass is 16.5. The number of hydrogen-bond donors (Lipinski definition) is 2. The molecule has 6 heteroatoms. The molecule has 0 radical (unpaired) electrons. The van der Waals surface area contributed by atoms with Crippen molar-refractivity contribution >= 4 is 5.91 Å². The van der Waals surface area contributed by atoms with Gasteiger partial charge in [0.05, 0.1) is 0 Å². The summed E-state index contributed by atoms with van der Waals surface area (Å²) in [5.41, 5.74) is 1.80. The molecule has 2 aromatic carbocycles. The highest BCUT2D eigenvalue weighted by molar-refractivity contribution is 5.89. The van der Waals surface area contributed by atoms with Crippen LogP contribution in [0.3, 0.4) is 0 Å². The summed E-state index contributed by atoms with van der Waals surface area (Å²) in [7, 11) is 0. The van der Waals surface area contributed by atoms with E-state index in [4.69, 9.17) is 4.52 Å². The highest BCUT2D eigenvalue weighted by Crippen LogP contribution is 2.14. The van der Waals surface area contributed by atoms with Crippen LogP contribution in [0, 0.1) is 0 Å². The molecule has 0 unspecified atom stereocenters. The van der Waals surface area contributed by atoms with Gasteiger partial charge < -0.3 is 14.9 Å². The van der Waals surface area contributed by atoms with Crippen LogP contribution < -0.4 is 5.32 Å². The van der Waals surface area contributed by atoms with Crippen molar-refractivity contribution in [2.24, 2.45) is 0 Å². The van der Waals surface area contributed by atoms with Crippen LogP contribution in [0.2, 0.25) is 0 Å². The second kappa shape index (κ2) is 6.74. The van der Waals surface area contributed by atoms with Crippen LogP contribution in [0.5, 0.6) is 5.75 Å². The van der Waals surface area contributed by atoms with Gasteiger partial charge in [-0.05, 0) is 24.1 Å². The summed E-state index contributed by atoms with van der Waals surface area (Å²) in [6.07, 6.45) is 0.645. The second-order valence-corrected chi connectivity index (χ2v) is 4.96. The Morgan fingerprint density at radius 2 is 1.83 bits per heavy atom. The molecule has 0 spiro atoms. The van der Waals surface area contributed by atoms with Gasteiger partial charge in [-0.25, -0.2) is 0 Å². The number of nitrogens with one attached hydrogen (secondary N) is 1. The molecule has 1 heterocycles. The van der Waals surface area contributed by atoms with Crippen LogP contribution in [0.1, 0.15) is 16.2 Å². The van der Waals surface area contributed by atoms with Crippen molar-refractivity contribution in [3.05, 3.63) is 66.1 Å². The molecule has 0 bridgehead atoms. The SMILES string of the molecule is O=C(NCCc1ccc(O)cc1)c1nc(-c2ccccc2)no1. The second-order valence-electron chi connectivity index (χ2n) is 4.96. The van der Waals surface area contributed by atoms with Crippen LogP contribution in [-0.4, -0.2) is 27.7 Å². The summed E-state index contributed by atoms with van der Waals surface area (Å²) in [5.74, 6) is 0.138. The van der Waals surface area contributed by atoms with Crippen molar-refractivity contribution < 1.29 is 14.4 Å². The number of nitrogens with zero attached hydrogens (tertiary/aromatic N) is 2. The number of aromatic nitrogens is 2. The molecule has 0 aliphatic heterocycles. The average Bonchev–Trinajstić information content (AvgIpc) is 3.07. The van der Waals surface area contributed by atoms with E-state index in [2.05, 4.69) is 15.5 Å². The van der Waals surface area contributed by atoms with E-state index in [0.29, 0.717) is 18.8 Å². The van der Waals surface area contributed by atoms with Crippen LogP contribution in [0.15, 0.2) is 59.1 Å². The predicted octanol–water partition coefficient (Wildman–Crippen LogP) is 2.41. The molecule has 0 saturated carbocycles. The first-order valence-corrected chi connectivity index (χ1v) is 7.17. The molecule has 0 atom stereocenters. The number of phenols is 1. The van der Waals surface area contributed by atoms with Crippen LogP contribution in [0.4, 0.5) is 0 Å². The lowest BCUT2D eigenvalue weighted by Crippen LogP contribution is -2.25. The largest absolute Gasteiger partial charge is 0.508 e. The minimum atomic E-state index is -0.404. The fraction of sp³-hybridized carbons (Fsp3) is 0.118. The van der Waals surface area contributed by atoms with E-state index in [1.165, 1.54) is 0 Å². The average molecular weight is 309 g/mol. The Hall–Kier alpha value is -3.15. The summed E-state index contributed by atoms with van der Waals surface area (Å²) < 4.78 is 4.99. The van der Waals surface area contributed by atoms with E-state index in [0.717, 1.165) is 11.1 Å². The third-order valence-corrected chi connectivity index (χ3v) is 3.29. The lowest BCUT2D eigenvalue weighted by Gasteiger charge is -2.02. The minimum Gasteiger partial charge on any atom is -0.508 e. The maximum Gasteiger partial charge on any atom is 0.316 e. The Morgan fingerprint density at radius 3 is 2.57 bits per heavy atom. The minimum absolute atomic E-state index is 0.0606. The smallest absolute Gasteiger partial charge is 0.316 e. The fourth-order valence-corrected chi connectivity index (χ4v) is 2.08. The molecule has 3 rings (SSSR count). The highest BCUT2D eigenvalue weighted by Gasteiger charge is 2.15. The summed E-state index contributed by atoms with van der Waals surface area (Å²) in [5, 5.41) is 15.8. The van der Waals surface area contributed by atoms with Gasteiger partial charge in [0, 0.05) is 12.1 Å². The number of phenolic OH excluding ortho intramolecular Hbond substituents is 1. The lowest BCUT2D eigenvalue weighted by atomic mass is 10.1. The van der Waals surface area contributed by atoms with E-state index in [1.54, 1.807) is 12.1 Å². The van der Waals surface area contributed by atoms with Gasteiger partial charge in [-0.2, -0.15) is 4.98 Å². The Bertz CT molecular complexity index is 782. The zero-order valence-corrected chi connectivity index (χ0v) is 12.3. The molecular formula is C17H15N3O3. The van der Waals surface area contributed by atoms with Crippen molar-refractivity contribution in [3.8, 4) is 17.1 Å². The first-order chi connectivity index (χ1) is 11.2. The topological polar surface area (TPSA) is 88.2 Å². The predicted molar refractivity (Wildman–Crippen MR) is 83.9 cm³/mol. The maximum absolute atomic E-state index is 12.0. The first kappa shape index (κ1) is 14.8. The Balaban J connectivity index is 1.56. The Morgan fingerprint density at radius 1 is 1.09 bits per heavy atom. The number of carbonyl (C=O) groups excluding carboxylic acids is 1. The number of aromatic hydroxyl groups is 1. The number of hydrogen-bond acceptors (Lipinski definition) is 5. The van der Waals surface area contributed by atoms with Gasteiger partial charge in [0.15, 0.2) is 0 Å². The van der Waals surface area contributed by atoms with Crippen molar-refractivity contribution in [1.29, 1.82) is 0 Å². The van der Waals surface area contributed by atoms with E-state index in [1.807, 2.05) is 42.5 Å². The zero-order chi connectivity index (χ0) is 16.1. The van der Waals surface area contributed by atoms with E-state index in [-0.39, 0.29) is 11.6 Å². The molecule has 1 aromatic heterocycles. The van der Waals surface area contributed by atoms with Crippen molar-refractivity contribution in [3.63, 3.8) is 0 Å². The molecule has 2 N–H and O–H groups in total. The van der Waals surface area contributed by atoms with Gasteiger partial charge in [-0.3, -0.25) is 4.79 Å². The number of carbonyl (C=O) groups is 1. The van der Waals surface area contributed by atoms with Crippen molar-refractivity contribution in [1.82, 2.24) is 15.5 Å². The van der Waals surface area contributed by atoms with Crippen molar-refractivity contribution in [2.45, 2.75) is 6.42 Å². The van der Waals surface area contributed by atoms with Gasteiger partial charge in [0.2, 0.25) is 5.82 Å². The van der Waals surface area contributed by atoms with Gasteiger partial charge in [-0.15, -0.1) is 0 Å². The number of benzene rings is 2. The Kier molecular flexibility index (Phi) is 4.33. The molecule has 0 aliphatic carbocycles. The van der Waals surface area contributed by atoms with Crippen LogP contribution >= 0.6 is 0 Å². The summed E-state index contributed by atoms with van der Waals surface area (Å²) in [6, 6.07) is 16.1. The standard InChI is InChI=1S/C17H15N3O3/c21-14-8-6-12(7-9-14)10-11-18-16(22)17-19-15(20-23-17)13-4-2-1-3-5-13/h1-9,21H,10-11H2,(H,18,22). The van der Waals surface area contributed by atoms with E-state index >= 15 is 0 Å². The number of rotatable bonds is 5. The molecule has 0 saturated heterocycles. The molecule has 1 amide bonds.